The Morgan fingerprint density at radius 1 is 1.38 bits per heavy atom. The summed E-state index contributed by atoms with van der Waals surface area (Å²) in [5.41, 5.74) is 2.44. The summed E-state index contributed by atoms with van der Waals surface area (Å²) in [5.74, 6) is 0.683. The molecular formula is C11H18N2. The fourth-order valence-corrected chi connectivity index (χ4v) is 1.30. The van der Waals surface area contributed by atoms with Crippen molar-refractivity contribution in [3.05, 3.63) is 29.6 Å². The molecule has 72 valence electrons. The molecule has 0 spiro atoms. The van der Waals surface area contributed by atoms with Gasteiger partial charge < -0.3 is 5.32 Å². The molecule has 0 saturated carbocycles. The van der Waals surface area contributed by atoms with E-state index < -0.39 is 0 Å². The molecule has 0 aromatic carbocycles. The highest BCUT2D eigenvalue weighted by molar-refractivity contribution is 5.14. The lowest BCUT2D eigenvalue weighted by atomic mass is 10.1. The van der Waals surface area contributed by atoms with Gasteiger partial charge in [-0.3, -0.25) is 4.98 Å². The van der Waals surface area contributed by atoms with Crippen LogP contribution in [0.25, 0.3) is 0 Å². The second kappa shape index (κ2) is 4.97. The van der Waals surface area contributed by atoms with Crippen molar-refractivity contribution in [1.29, 1.82) is 0 Å². The summed E-state index contributed by atoms with van der Waals surface area (Å²) in [7, 11) is 1.95. The molecule has 1 heterocycles. The summed E-state index contributed by atoms with van der Waals surface area (Å²) in [6, 6.07) is 4.26. The van der Waals surface area contributed by atoms with Crippen LogP contribution in [0.2, 0.25) is 0 Å². The Morgan fingerprint density at radius 2 is 2.15 bits per heavy atom. The monoisotopic (exact) mass is 178 g/mol. The Bertz CT molecular complexity index is 239. The number of pyridine rings is 1. The number of hydrogen-bond acceptors (Lipinski definition) is 2. The normalized spacial score (nSPS) is 10.8. The van der Waals surface area contributed by atoms with E-state index in [0.29, 0.717) is 5.92 Å². The van der Waals surface area contributed by atoms with Gasteiger partial charge in [0.2, 0.25) is 0 Å². The predicted molar refractivity (Wildman–Crippen MR) is 55.5 cm³/mol. The Morgan fingerprint density at radius 3 is 2.62 bits per heavy atom. The lowest BCUT2D eigenvalue weighted by molar-refractivity contribution is 0.634. The third-order valence-corrected chi connectivity index (χ3v) is 1.88. The van der Waals surface area contributed by atoms with Gasteiger partial charge in [0.1, 0.15) is 0 Å². The van der Waals surface area contributed by atoms with Crippen LogP contribution in [0.5, 0.6) is 0 Å². The topological polar surface area (TPSA) is 24.9 Å². The van der Waals surface area contributed by atoms with Gasteiger partial charge in [-0.1, -0.05) is 19.9 Å². The van der Waals surface area contributed by atoms with Crippen molar-refractivity contribution in [3.8, 4) is 0 Å². The van der Waals surface area contributed by atoms with Crippen LogP contribution >= 0.6 is 0 Å². The summed E-state index contributed by atoms with van der Waals surface area (Å²) in [4.78, 5) is 4.40. The number of nitrogens with one attached hydrogen (secondary N) is 1. The molecule has 0 radical (unpaired) electrons. The quantitative estimate of drug-likeness (QED) is 0.762. The van der Waals surface area contributed by atoms with Gasteiger partial charge in [-0.25, -0.2) is 0 Å². The maximum atomic E-state index is 4.40. The van der Waals surface area contributed by atoms with Crippen molar-refractivity contribution in [2.45, 2.75) is 26.8 Å². The van der Waals surface area contributed by atoms with Gasteiger partial charge in [0, 0.05) is 18.4 Å². The van der Waals surface area contributed by atoms with Crippen molar-refractivity contribution in [2.75, 3.05) is 7.05 Å². The Hall–Kier alpha value is -0.890. The van der Waals surface area contributed by atoms with E-state index in [-0.39, 0.29) is 0 Å². The number of rotatable bonds is 4. The molecular weight excluding hydrogens is 160 g/mol. The van der Waals surface area contributed by atoms with E-state index >= 15 is 0 Å². The Labute approximate surface area is 80.4 Å². The third-order valence-electron chi connectivity index (χ3n) is 1.88. The molecule has 13 heavy (non-hydrogen) atoms. The molecule has 0 fully saturated rings. The zero-order valence-corrected chi connectivity index (χ0v) is 8.67. The molecule has 0 amide bonds. The van der Waals surface area contributed by atoms with E-state index in [1.807, 2.05) is 13.2 Å². The molecule has 0 aliphatic heterocycles. The molecule has 2 heteroatoms. The fourth-order valence-electron chi connectivity index (χ4n) is 1.30. The van der Waals surface area contributed by atoms with Gasteiger partial charge in [0.05, 0.1) is 0 Å². The largest absolute Gasteiger partial charge is 0.316 e. The van der Waals surface area contributed by atoms with Gasteiger partial charge in [0.25, 0.3) is 0 Å². The Balaban J connectivity index is 2.59. The highest BCUT2D eigenvalue weighted by atomic mass is 14.8. The highest BCUT2D eigenvalue weighted by Gasteiger charge is 1.98. The highest BCUT2D eigenvalue weighted by Crippen LogP contribution is 2.06. The van der Waals surface area contributed by atoms with Crippen molar-refractivity contribution in [1.82, 2.24) is 10.3 Å². The zero-order chi connectivity index (χ0) is 9.68. The summed E-state index contributed by atoms with van der Waals surface area (Å²) >= 11 is 0. The first-order valence-corrected chi connectivity index (χ1v) is 4.80. The fraction of sp³-hybridized carbons (Fsp3) is 0.545. The molecule has 0 aliphatic carbocycles. The summed E-state index contributed by atoms with van der Waals surface area (Å²) < 4.78 is 0. The van der Waals surface area contributed by atoms with Crippen LogP contribution in [0.3, 0.4) is 0 Å². The van der Waals surface area contributed by atoms with E-state index in [1.165, 1.54) is 11.3 Å². The molecule has 0 saturated heterocycles. The predicted octanol–water partition coefficient (Wildman–Crippen LogP) is 2.00. The van der Waals surface area contributed by atoms with Gasteiger partial charge in [-0.05, 0) is 31.0 Å². The maximum Gasteiger partial charge on any atom is 0.0406 e. The van der Waals surface area contributed by atoms with E-state index in [1.54, 1.807) is 0 Å². The number of nitrogens with zero attached hydrogens (tertiary/aromatic N) is 1. The average Bonchev–Trinajstić information content (AvgIpc) is 2.08. The lowest BCUT2D eigenvalue weighted by Gasteiger charge is -2.04. The van der Waals surface area contributed by atoms with Crippen molar-refractivity contribution in [3.63, 3.8) is 0 Å². The zero-order valence-electron chi connectivity index (χ0n) is 8.67. The minimum Gasteiger partial charge on any atom is -0.316 e. The van der Waals surface area contributed by atoms with Crippen molar-refractivity contribution >= 4 is 0 Å². The molecule has 0 aliphatic rings. The smallest absolute Gasteiger partial charge is 0.0406 e. The van der Waals surface area contributed by atoms with Crippen molar-refractivity contribution < 1.29 is 0 Å². The van der Waals surface area contributed by atoms with Crippen LogP contribution in [0.4, 0.5) is 0 Å². The molecule has 1 N–H and O–H groups in total. The molecule has 1 aromatic rings. The average molecular weight is 178 g/mol. The molecule has 1 aromatic heterocycles. The van der Waals surface area contributed by atoms with E-state index in [0.717, 1.165) is 13.0 Å². The van der Waals surface area contributed by atoms with Gasteiger partial charge in [-0.15, -0.1) is 0 Å². The van der Waals surface area contributed by atoms with E-state index in [4.69, 9.17) is 0 Å². The van der Waals surface area contributed by atoms with Crippen LogP contribution in [0.15, 0.2) is 18.3 Å². The number of hydrogen-bond donors (Lipinski definition) is 1. The molecule has 1 rings (SSSR count). The Kier molecular flexibility index (Phi) is 3.90. The SMILES string of the molecule is CNCc1ccc(CC(C)C)nc1. The van der Waals surface area contributed by atoms with Gasteiger partial charge in [0.15, 0.2) is 0 Å². The molecule has 0 bridgehead atoms. The second-order valence-electron chi connectivity index (χ2n) is 3.79. The van der Waals surface area contributed by atoms with Crippen LogP contribution in [-0.2, 0) is 13.0 Å². The minimum atomic E-state index is 0.683. The standard InChI is InChI=1S/C11H18N2/c1-9(2)6-11-5-4-10(7-12-3)8-13-11/h4-5,8-9,12H,6-7H2,1-3H3. The summed E-state index contributed by atoms with van der Waals surface area (Å²) in [6.45, 7) is 5.32. The van der Waals surface area contributed by atoms with E-state index in [9.17, 15) is 0 Å². The van der Waals surface area contributed by atoms with Gasteiger partial charge >= 0.3 is 0 Å². The van der Waals surface area contributed by atoms with Crippen LogP contribution in [0, 0.1) is 5.92 Å². The minimum absolute atomic E-state index is 0.683. The lowest BCUT2D eigenvalue weighted by Crippen LogP contribution is -2.06. The second-order valence-corrected chi connectivity index (χ2v) is 3.79. The van der Waals surface area contributed by atoms with E-state index in [2.05, 4.69) is 36.3 Å². The molecule has 2 nitrogen and oxygen atoms in total. The summed E-state index contributed by atoms with van der Waals surface area (Å²) in [6.07, 6.45) is 3.02. The van der Waals surface area contributed by atoms with Crippen LogP contribution in [-0.4, -0.2) is 12.0 Å². The van der Waals surface area contributed by atoms with Crippen LogP contribution in [0.1, 0.15) is 25.1 Å². The number of aromatic nitrogens is 1. The van der Waals surface area contributed by atoms with Crippen molar-refractivity contribution in [2.24, 2.45) is 5.92 Å². The van der Waals surface area contributed by atoms with Gasteiger partial charge in [-0.2, -0.15) is 0 Å². The first-order valence-electron chi connectivity index (χ1n) is 4.80. The first-order chi connectivity index (χ1) is 6.22. The van der Waals surface area contributed by atoms with Crippen LogP contribution < -0.4 is 5.32 Å². The first kappa shape index (κ1) is 10.2. The maximum absolute atomic E-state index is 4.40. The third kappa shape index (κ3) is 3.55. The summed E-state index contributed by atoms with van der Waals surface area (Å²) in [5, 5.41) is 3.10. The molecule has 0 unspecified atom stereocenters. The molecule has 0 atom stereocenters.